The Kier molecular flexibility index (Phi) is 7.11. The lowest BCUT2D eigenvalue weighted by molar-refractivity contribution is -0.182. The van der Waals surface area contributed by atoms with Gasteiger partial charge in [-0.15, -0.1) is 0 Å². The number of rotatable bonds is 2. The molecule has 20 nitrogen and oxygen atoms in total. The summed E-state index contributed by atoms with van der Waals surface area (Å²) in [5.74, 6) is -0.105. The molecule has 4 fully saturated rings. The smallest absolute Gasteiger partial charge is 0.382 e. The molecule has 8 rings (SSSR count). The summed E-state index contributed by atoms with van der Waals surface area (Å²) < 4.78 is 73.4. The van der Waals surface area contributed by atoms with Gasteiger partial charge in [-0.25, -0.2) is 28.9 Å². The molecule has 10 atom stereocenters. The Morgan fingerprint density at radius 2 is 1.83 bits per heavy atom. The third kappa shape index (κ3) is 4.89. The first-order valence-corrected chi connectivity index (χ1v) is 18.7. The van der Waals surface area contributed by atoms with Gasteiger partial charge < -0.3 is 35.1 Å². The van der Waals surface area contributed by atoms with Crippen LogP contribution in [0.5, 0.6) is 0 Å². The van der Waals surface area contributed by atoms with Crippen molar-refractivity contribution in [1.82, 2.24) is 39.0 Å². The molecule has 4 aromatic heterocycles. The Morgan fingerprint density at radius 1 is 1.07 bits per heavy atom. The highest BCUT2D eigenvalue weighted by atomic mass is 32.7. The molecule has 0 radical (unpaired) electrons. The van der Waals surface area contributed by atoms with Gasteiger partial charge in [0.2, 0.25) is 5.95 Å². The van der Waals surface area contributed by atoms with Crippen LogP contribution in [0.4, 0.5) is 16.2 Å². The average molecular weight is 721 g/mol. The number of nitrogen functional groups attached to an aromatic ring is 2. The summed E-state index contributed by atoms with van der Waals surface area (Å²) in [6, 6.07) is 0. The minimum absolute atomic E-state index is 0.0689. The van der Waals surface area contributed by atoms with Crippen molar-refractivity contribution in [2.24, 2.45) is 0 Å². The number of hydrogen-bond donors (Lipinski definition) is 5. The highest BCUT2D eigenvalue weighted by Crippen LogP contribution is 2.61. The fraction of sp³-hybridized carbons (Fsp3) is 0.524. The van der Waals surface area contributed by atoms with Crippen molar-refractivity contribution in [3.8, 4) is 0 Å². The molecule has 246 valence electrons. The molecule has 2 unspecified atom stereocenters. The first-order valence-electron chi connectivity index (χ1n) is 13.4. The number of ether oxygens (including phenoxy) is 3. The molecule has 4 saturated heterocycles. The van der Waals surface area contributed by atoms with Gasteiger partial charge in [0.15, 0.2) is 41.3 Å². The monoisotopic (exact) mass is 720 g/mol. The van der Waals surface area contributed by atoms with Gasteiger partial charge in [-0.2, -0.15) is 4.98 Å². The maximum absolute atomic E-state index is 16.0. The number of hydrogen-bond acceptors (Lipinski definition) is 17. The van der Waals surface area contributed by atoms with Crippen molar-refractivity contribution in [2.75, 3.05) is 31.3 Å². The summed E-state index contributed by atoms with van der Waals surface area (Å²) in [6.07, 6.45) is -5.78. The van der Waals surface area contributed by atoms with Gasteiger partial charge in [-0.1, -0.05) is 12.2 Å². The van der Waals surface area contributed by atoms with Gasteiger partial charge >= 0.3 is 13.5 Å². The van der Waals surface area contributed by atoms with Crippen LogP contribution in [0.3, 0.4) is 0 Å². The normalized spacial score (nSPS) is 39.7. The van der Waals surface area contributed by atoms with Crippen LogP contribution < -0.4 is 17.0 Å². The van der Waals surface area contributed by atoms with Gasteiger partial charge in [0, 0.05) is 0 Å². The first-order chi connectivity index (χ1) is 21.8. The van der Waals surface area contributed by atoms with E-state index >= 15 is 4.39 Å². The molecule has 6 N–H and O–H groups in total. The second-order valence-electron chi connectivity index (χ2n) is 10.8. The topological polar surface area (TPSA) is 261 Å². The number of imidazole rings is 2. The average Bonchev–Trinajstić information content (AvgIpc) is 3.80. The number of anilines is 2. The van der Waals surface area contributed by atoms with Gasteiger partial charge in [0.1, 0.15) is 41.9 Å². The van der Waals surface area contributed by atoms with E-state index in [0.717, 1.165) is 6.33 Å². The van der Waals surface area contributed by atoms with Crippen LogP contribution in [-0.4, -0.2) is 99.9 Å². The second kappa shape index (κ2) is 10.7. The second-order valence-corrected chi connectivity index (χ2v) is 16.5. The zero-order valence-corrected chi connectivity index (χ0v) is 26.4. The number of thiol groups is 1. The third-order valence-electron chi connectivity index (χ3n) is 8.00. The number of fused-ring (bicyclic) bond motifs is 4. The number of aromatic amines is 1. The predicted molar refractivity (Wildman–Crippen MR) is 158 cm³/mol. The van der Waals surface area contributed by atoms with Crippen molar-refractivity contribution in [3.63, 3.8) is 0 Å². The maximum Gasteiger partial charge on any atom is 0.386 e. The molecule has 0 amide bonds. The van der Waals surface area contributed by atoms with Crippen molar-refractivity contribution >= 4 is 71.7 Å². The molecule has 4 aromatic rings. The van der Waals surface area contributed by atoms with Crippen LogP contribution in [0.2, 0.25) is 0 Å². The molecule has 4 aliphatic rings. The number of aromatic nitrogens is 8. The van der Waals surface area contributed by atoms with E-state index < -0.39 is 80.9 Å². The highest BCUT2D eigenvalue weighted by Gasteiger charge is 2.65. The van der Waals surface area contributed by atoms with Crippen LogP contribution in [0.25, 0.3) is 22.3 Å². The van der Waals surface area contributed by atoms with E-state index in [9.17, 15) is 14.3 Å². The fourth-order valence-electron chi connectivity index (χ4n) is 5.94. The summed E-state index contributed by atoms with van der Waals surface area (Å²) in [6.45, 7) is -9.92. The van der Waals surface area contributed by atoms with Gasteiger partial charge in [-0.05, 0) is 11.8 Å². The molecule has 4 bridgehead atoms. The standard InChI is InChI=1S/C21H23FN10O10P2S2/c22-8-7-1-37-43(34,45)42-13-12-19(31-5-27-9-14(23)25-4-26-15(9)31)40-21(13,2-36-12)3-38-44(35,46)41-11(8)18(39-7)32-6-28-10-16(32)29-20(24)30-17(10)33/h4-8,11-13,18-19H,1-3H2,(H,34,45)(H,35,46)(H2,23,25,26)(H3,24,29,30,33)/t7-,8-,11+,12-,13+,18-,19-,21-,43?,44?/m1/s1. The summed E-state index contributed by atoms with van der Waals surface area (Å²) in [5.41, 5.74) is 9.88. The first kappa shape index (κ1) is 30.7. The Morgan fingerprint density at radius 3 is 2.63 bits per heavy atom. The van der Waals surface area contributed by atoms with Gasteiger partial charge in [-0.3, -0.25) is 32.5 Å². The van der Waals surface area contributed by atoms with E-state index in [1.54, 1.807) is 0 Å². The molecule has 0 saturated carbocycles. The molecule has 0 aliphatic carbocycles. The van der Waals surface area contributed by atoms with Gasteiger partial charge in [0.25, 0.3) is 5.56 Å². The lowest BCUT2D eigenvalue weighted by Gasteiger charge is -2.33. The largest absolute Gasteiger partial charge is 0.386 e. The van der Waals surface area contributed by atoms with E-state index in [4.69, 9.17) is 55.6 Å². The van der Waals surface area contributed by atoms with E-state index in [2.05, 4.69) is 42.2 Å². The lowest BCUT2D eigenvalue weighted by Crippen LogP contribution is -2.45. The summed E-state index contributed by atoms with van der Waals surface area (Å²) in [4.78, 5) is 46.3. The quantitative estimate of drug-likeness (QED) is 0.136. The minimum atomic E-state index is -4.44. The fourth-order valence-corrected chi connectivity index (χ4v) is 8.87. The predicted octanol–water partition coefficient (Wildman–Crippen LogP) is 0.0977. The number of nitrogens with two attached hydrogens (primary N) is 2. The summed E-state index contributed by atoms with van der Waals surface area (Å²) in [5, 5.41) is 0. The van der Waals surface area contributed by atoms with Crippen LogP contribution in [0.1, 0.15) is 12.5 Å². The van der Waals surface area contributed by atoms with E-state index in [1.165, 1.54) is 21.8 Å². The molecule has 25 heteroatoms. The third-order valence-corrected chi connectivity index (χ3v) is 11.1. The Bertz CT molecular complexity index is 2040. The van der Waals surface area contributed by atoms with Crippen LogP contribution in [-0.2, 0) is 48.7 Å². The Hall–Kier alpha value is -2.66. The molecule has 0 spiro atoms. The SMILES string of the molecule is Nc1nc2c(ncn2[C@@H]2O[C@@H]3COP(O)(=S)O[C@H]4[C@H]5OC[C@]4(COP(=O)(S)O[C@H]2[C@@H]3F)O[C@H]5n2cnc3c(N)ncnc32)c(=O)[nH]1. The van der Waals surface area contributed by atoms with Crippen molar-refractivity contribution in [1.29, 1.82) is 0 Å². The Labute approximate surface area is 265 Å². The molecule has 4 aliphatic heterocycles. The highest BCUT2D eigenvalue weighted by molar-refractivity contribution is 8.44. The molecular weight excluding hydrogens is 697 g/mol. The van der Waals surface area contributed by atoms with Crippen molar-refractivity contribution in [3.05, 3.63) is 29.3 Å². The van der Waals surface area contributed by atoms with Crippen LogP contribution in [0, 0.1) is 0 Å². The van der Waals surface area contributed by atoms with Crippen LogP contribution in [0.15, 0.2) is 23.8 Å². The zero-order chi connectivity index (χ0) is 32.2. The van der Waals surface area contributed by atoms with Crippen LogP contribution >= 0.6 is 25.8 Å². The number of alkyl halides is 1. The maximum atomic E-state index is 16.0. The lowest BCUT2D eigenvalue weighted by atomic mass is 10.0. The van der Waals surface area contributed by atoms with E-state index in [1.807, 2.05) is 0 Å². The number of halogens is 1. The summed E-state index contributed by atoms with van der Waals surface area (Å²) in [7, 11) is 0. The molecule has 0 aromatic carbocycles. The zero-order valence-electron chi connectivity index (χ0n) is 22.9. The number of nitrogens with zero attached hydrogens (tertiary/aromatic N) is 7. The van der Waals surface area contributed by atoms with Crippen molar-refractivity contribution < 1.29 is 46.2 Å². The van der Waals surface area contributed by atoms with Gasteiger partial charge in [0.05, 0.1) is 32.5 Å². The molecule has 46 heavy (non-hydrogen) atoms. The number of H-pyrrole nitrogens is 1. The summed E-state index contributed by atoms with van der Waals surface area (Å²) >= 11 is 9.42. The molecular formula is C21H23FN10O10P2S2. The van der Waals surface area contributed by atoms with E-state index in [0.29, 0.717) is 11.2 Å². The minimum Gasteiger partial charge on any atom is -0.382 e. The molecule has 8 heterocycles. The van der Waals surface area contributed by atoms with E-state index in [-0.39, 0.29) is 29.5 Å². The number of nitrogens with one attached hydrogen (secondary N) is 1. The Balaban J connectivity index is 1.14. The van der Waals surface area contributed by atoms with Crippen molar-refractivity contribution in [2.45, 2.75) is 48.6 Å².